The number of esters is 1. The molecule has 0 amide bonds. The summed E-state index contributed by atoms with van der Waals surface area (Å²) in [5.74, 6) is -0.399. The smallest absolute Gasteiger partial charge is 0.330 e. The van der Waals surface area contributed by atoms with E-state index in [0.717, 1.165) is 12.8 Å². The molecule has 2 bridgehead atoms. The Labute approximate surface area is 149 Å². The second-order valence-electron chi connectivity index (χ2n) is 6.35. The number of carbonyl (C=O) groups excluding carboxylic acids is 1. The normalized spacial score (nSPS) is 47.0. The van der Waals surface area contributed by atoms with E-state index < -0.39 is 5.97 Å². The average molecular weight is 410 g/mol. The Morgan fingerprint density at radius 2 is 1.96 bits per heavy atom. The summed E-state index contributed by atoms with van der Waals surface area (Å²) < 4.78 is 22.6. The lowest BCUT2D eigenvalue weighted by Gasteiger charge is -2.23. The number of carbonyl (C=O) groups is 1. The third kappa shape index (κ3) is 4.28. The van der Waals surface area contributed by atoms with Crippen LogP contribution in [0.2, 0.25) is 0 Å². The molecule has 3 aliphatic heterocycles. The van der Waals surface area contributed by atoms with E-state index in [1.165, 1.54) is 13.2 Å². The summed E-state index contributed by atoms with van der Waals surface area (Å²) in [5.41, 5.74) is 0. The van der Waals surface area contributed by atoms with Gasteiger partial charge in [0, 0.05) is 17.3 Å². The highest BCUT2D eigenvalue weighted by Gasteiger charge is 2.48. The summed E-state index contributed by atoms with van der Waals surface area (Å²) >= 11 is 10.2. The van der Waals surface area contributed by atoms with Gasteiger partial charge in [0.1, 0.15) is 6.10 Å². The molecule has 0 radical (unpaired) electrons. The van der Waals surface area contributed by atoms with Crippen molar-refractivity contribution in [3.63, 3.8) is 0 Å². The van der Waals surface area contributed by atoms with Crippen molar-refractivity contribution in [1.29, 1.82) is 0 Å². The zero-order chi connectivity index (χ0) is 16.6. The van der Waals surface area contributed by atoms with E-state index in [9.17, 15) is 4.79 Å². The Morgan fingerprint density at radius 3 is 2.70 bits per heavy atom. The van der Waals surface area contributed by atoms with Crippen LogP contribution < -0.4 is 0 Å². The molecule has 8 atom stereocenters. The van der Waals surface area contributed by atoms with E-state index in [0.29, 0.717) is 6.42 Å². The van der Waals surface area contributed by atoms with Crippen molar-refractivity contribution in [2.45, 2.75) is 73.0 Å². The van der Waals surface area contributed by atoms with Crippen LogP contribution in [-0.2, 0) is 23.7 Å². The van der Waals surface area contributed by atoms with Crippen molar-refractivity contribution in [3.8, 4) is 0 Å². The molecule has 3 rings (SSSR count). The van der Waals surface area contributed by atoms with Crippen LogP contribution in [0.3, 0.4) is 0 Å². The molecular formula is C16H22BrClO5. The van der Waals surface area contributed by atoms with E-state index in [4.69, 9.17) is 25.8 Å². The third-order valence-electron chi connectivity index (χ3n) is 4.66. The molecule has 3 saturated heterocycles. The summed E-state index contributed by atoms with van der Waals surface area (Å²) in [6, 6.07) is 0. The molecule has 0 spiro atoms. The summed E-state index contributed by atoms with van der Waals surface area (Å²) in [4.78, 5) is 11.6. The van der Waals surface area contributed by atoms with Gasteiger partial charge in [0.2, 0.25) is 0 Å². The zero-order valence-corrected chi connectivity index (χ0v) is 15.5. The Kier molecular flexibility index (Phi) is 5.68. The topological polar surface area (TPSA) is 57.3 Å². The Bertz CT molecular complexity index is 473. The van der Waals surface area contributed by atoms with Crippen molar-refractivity contribution in [2.24, 2.45) is 0 Å². The molecule has 130 valence electrons. The molecule has 0 unspecified atom stereocenters. The fourth-order valence-corrected chi connectivity index (χ4v) is 4.37. The molecule has 0 aromatic rings. The largest absolute Gasteiger partial charge is 0.466 e. The van der Waals surface area contributed by atoms with Gasteiger partial charge >= 0.3 is 5.97 Å². The molecule has 0 aliphatic carbocycles. The molecule has 3 aliphatic rings. The molecule has 7 heteroatoms. The first-order valence-electron chi connectivity index (χ1n) is 7.98. The maximum Gasteiger partial charge on any atom is 0.330 e. The van der Waals surface area contributed by atoms with Crippen molar-refractivity contribution < 1.29 is 23.7 Å². The summed E-state index contributed by atoms with van der Waals surface area (Å²) in [7, 11) is 1.35. The SMILES string of the molecule is COC(=O)C=C[C@H]1C[C@H]2O[C@@H](C[C@H]2Cl)[C@@H](Br)C[C@H]2O[C@@H]2[C@H](C)O1. The first-order valence-corrected chi connectivity index (χ1v) is 9.33. The highest BCUT2D eigenvalue weighted by atomic mass is 79.9. The number of methoxy groups -OCH3 is 1. The second-order valence-corrected chi connectivity index (χ2v) is 8.09. The lowest BCUT2D eigenvalue weighted by atomic mass is 10.0. The number of alkyl halides is 2. The minimum atomic E-state index is -0.399. The first-order chi connectivity index (χ1) is 11.0. The summed E-state index contributed by atoms with van der Waals surface area (Å²) in [6.07, 6.45) is 5.42. The van der Waals surface area contributed by atoms with Crippen molar-refractivity contribution in [1.82, 2.24) is 0 Å². The van der Waals surface area contributed by atoms with E-state index >= 15 is 0 Å². The minimum Gasteiger partial charge on any atom is -0.466 e. The standard InChI is InChI=1S/C16H22BrClO5/c1-8-16-14(23-16)6-10(17)12-7-11(18)13(22-12)5-9(21-8)3-4-15(19)20-2/h3-4,8-14,16H,5-7H2,1-2H3/t8-,9-,10-,11+,12-,13+,14+,16+/m0/s1. The van der Waals surface area contributed by atoms with Gasteiger partial charge in [-0.25, -0.2) is 4.79 Å². The van der Waals surface area contributed by atoms with Crippen LogP contribution in [-0.4, -0.2) is 59.9 Å². The van der Waals surface area contributed by atoms with Crippen molar-refractivity contribution in [2.75, 3.05) is 7.11 Å². The third-order valence-corrected chi connectivity index (χ3v) is 6.08. The predicted octanol–water partition coefficient (Wildman–Crippen LogP) is 2.58. The highest BCUT2D eigenvalue weighted by molar-refractivity contribution is 9.09. The lowest BCUT2D eigenvalue weighted by molar-refractivity contribution is -0.135. The minimum absolute atomic E-state index is 0.0441. The maximum atomic E-state index is 11.4. The number of halogens is 2. The predicted molar refractivity (Wildman–Crippen MR) is 89.0 cm³/mol. The van der Waals surface area contributed by atoms with Crippen LogP contribution >= 0.6 is 27.5 Å². The molecule has 3 fully saturated rings. The average Bonchev–Trinajstić information content (AvgIpc) is 3.19. The van der Waals surface area contributed by atoms with Crippen LogP contribution in [0.25, 0.3) is 0 Å². The Hall–Kier alpha value is -0.140. The van der Waals surface area contributed by atoms with Gasteiger partial charge in [-0.15, -0.1) is 11.6 Å². The van der Waals surface area contributed by atoms with Gasteiger partial charge in [0.25, 0.3) is 0 Å². The quantitative estimate of drug-likeness (QED) is 0.304. The maximum absolute atomic E-state index is 11.4. The lowest BCUT2D eigenvalue weighted by Crippen LogP contribution is -2.29. The zero-order valence-electron chi connectivity index (χ0n) is 13.2. The van der Waals surface area contributed by atoms with E-state index in [1.54, 1.807) is 6.08 Å². The summed E-state index contributed by atoms with van der Waals surface area (Å²) in [5, 5.41) is -0.0525. The van der Waals surface area contributed by atoms with Gasteiger partial charge in [-0.1, -0.05) is 15.9 Å². The number of hydrogen-bond donors (Lipinski definition) is 0. The molecule has 0 N–H and O–H groups in total. The second kappa shape index (κ2) is 7.40. The van der Waals surface area contributed by atoms with Gasteiger partial charge in [0.05, 0.1) is 43.0 Å². The molecule has 23 heavy (non-hydrogen) atoms. The number of ether oxygens (including phenoxy) is 4. The summed E-state index contributed by atoms with van der Waals surface area (Å²) in [6.45, 7) is 2.00. The molecule has 3 heterocycles. The van der Waals surface area contributed by atoms with Crippen molar-refractivity contribution >= 4 is 33.5 Å². The molecule has 0 aromatic carbocycles. The van der Waals surface area contributed by atoms with Gasteiger partial charge in [-0.2, -0.15) is 0 Å². The van der Waals surface area contributed by atoms with Gasteiger partial charge in [0.15, 0.2) is 0 Å². The van der Waals surface area contributed by atoms with Crippen LogP contribution in [0.15, 0.2) is 12.2 Å². The number of epoxide rings is 1. The van der Waals surface area contributed by atoms with Gasteiger partial charge in [-0.3, -0.25) is 0 Å². The van der Waals surface area contributed by atoms with Crippen molar-refractivity contribution in [3.05, 3.63) is 12.2 Å². The van der Waals surface area contributed by atoms with E-state index in [-0.39, 0.29) is 46.8 Å². The highest BCUT2D eigenvalue weighted by Crippen LogP contribution is 2.40. The monoisotopic (exact) mass is 408 g/mol. The molecule has 0 saturated carbocycles. The van der Waals surface area contributed by atoms with Crippen LogP contribution in [0.4, 0.5) is 0 Å². The van der Waals surface area contributed by atoms with Gasteiger partial charge in [-0.05, 0) is 25.8 Å². The fraction of sp³-hybridized carbons (Fsp3) is 0.812. The Morgan fingerprint density at radius 1 is 1.17 bits per heavy atom. The van der Waals surface area contributed by atoms with Crippen LogP contribution in [0.1, 0.15) is 26.2 Å². The Balaban J connectivity index is 1.74. The van der Waals surface area contributed by atoms with Gasteiger partial charge < -0.3 is 18.9 Å². The molecular weight excluding hydrogens is 388 g/mol. The number of fused-ring (bicyclic) bond motifs is 3. The van der Waals surface area contributed by atoms with Crippen LogP contribution in [0.5, 0.6) is 0 Å². The fourth-order valence-electron chi connectivity index (χ4n) is 3.32. The van der Waals surface area contributed by atoms with E-state index in [2.05, 4.69) is 20.7 Å². The number of hydrogen-bond acceptors (Lipinski definition) is 5. The molecule has 0 aromatic heterocycles. The first kappa shape index (κ1) is 17.7. The van der Waals surface area contributed by atoms with Crippen LogP contribution in [0, 0.1) is 0 Å². The number of rotatable bonds is 2. The molecule has 5 nitrogen and oxygen atoms in total. The van der Waals surface area contributed by atoms with E-state index in [1.807, 2.05) is 6.92 Å².